The zero-order valence-corrected chi connectivity index (χ0v) is 24.7. The van der Waals surface area contributed by atoms with Crippen LogP contribution in [0.25, 0.3) is 0 Å². The van der Waals surface area contributed by atoms with E-state index < -0.39 is 48.6 Å². The molecule has 0 saturated carbocycles. The van der Waals surface area contributed by atoms with Gasteiger partial charge in [0.05, 0.1) is 19.3 Å². The molecule has 0 amide bonds. The minimum atomic E-state index is -1.08. The summed E-state index contributed by atoms with van der Waals surface area (Å²) in [5.74, 6) is -1.89. The molecule has 6 atom stereocenters. The van der Waals surface area contributed by atoms with Gasteiger partial charge >= 0.3 is 23.9 Å². The molecule has 0 N–H and O–H groups in total. The van der Waals surface area contributed by atoms with Gasteiger partial charge in [-0.25, -0.2) is 0 Å². The maximum atomic E-state index is 12.0. The molecule has 1 saturated heterocycles. The molecule has 0 unspecified atom stereocenters. The summed E-state index contributed by atoms with van der Waals surface area (Å²) in [6.07, 6.45) is 7.66. The number of carbonyl (C=O) groups is 4. The Hall–Kier alpha value is -2.20. The fraction of sp³-hybridized carbons (Fsp3) is 0.862. The van der Waals surface area contributed by atoms with Crippen molar-refractivity contribution in [3.05, 3.63) is 0 Å². The monoisotopic (exact) mass is 558 g/mol. The molecule has 1 aliphatic rings. The number of esters is 4. The van der Waals surface area contributed by atoms with Gasteiger partial charge in [0.25, 0.3) is 0 Å². The van der Waals surface area contributed by atoms with Crippen molar-refractivity contribution in [1.82, 2.24) is 0 Å². The van der Waals surface area contributed by atoms with Crippen molar-refractivity contribution in [1.29, 1.82) is 0 Å². The number of ether oxygens (including phenoxy) is 6. The van der Waals surface area contributed by atoms with Gasteiger partial charge in [0, 0.05) is 27.2 Å². The quantitative estimate of drug-likeness (QED) is 0.119. The summed E-state index contributed by atoms with van der Waals surface area (Å²) in [5.41, 5.74) is 0. The van der Waals surface area contributed by atoms with Crippen molar-refractivity contribution in [2.75, 3.05) is 7.11 Å². The highest BCUT2D eigenvalue weighted by Gasteiger charge is 2.51. The Labute approximate surface area is 233 Å². The van der Waals surface area contributed by atoms with E-state index in [-0.39, 0.29) is 12.1 Å². The number of unbranched alkanes of at least 4 members (excludes halogenated alkanes) is 8. The first kappa shape index (κ1) is 34.8. The van der Waals surface area contributed by atoms with E-state index in [4.69, 9.17) is 23.7 Å². The number of rotatable bonds is 19. The molecule has 0 bridgehead atoms. The highest BCUT2D eigenvalue weighted by atomic mass is 16.7. The smallest absolute Gasteiger partial charge is 0.305 e. The molecule has 0 aromatic rings. The second-order valence-electron chi connectivity index (χ2n) is 10.3. The fourth-order valence-electron chi connectivity index (χ4n) is 4.80. The predicted molar refractivity (Wildman–Crippen MR) is 144 cm³/mol. The summed E-state index contributed by atoms with van der Waals surface area (Å²) >= 11 is 0. The Kier molecular flexibility index (Phi) is 17.7. The van der Waals surface area contributed by atoms with Gasteiger partial charge in [0.1, 0.15) is 0 Å². The lowest BCUT2D eigenvalue weighted by Gasteiger charge is -2.44. The molecule has 10 heteroatoms. The predicted octanol–water partition coefficient (Wildman–Crippen LogP) is 5.18. The molecular weight excluding hydrogens is 508 g/mol. The van der Waals surface area contributed by atoms with Gasteiger partial charge in [0.15, 0.2) is 24.6 Å². The van der Waals surface area contributed by atoms with Gasteiger partial charge in [0.2, 0.25) is 0 Å². The van der Waals surface area contributed by atoms with E-state index in [1.54, 1.807) is 6.92 Å². The molecule has 0 spiro atoms. The lowest BCUT2D eigenvalue weighted by molar-refractivity contribution is -0.311. The average molecular weight is 559 g/mol. The standard InChI is InChI=1S/C29H50O10/c1-7-8-14-17-24(18-15-12-10-9-11-13-16-19-25(33)34-6)39-29-28(38-23(5)32)27(37-22(4)31)26(20(2)35-29)36-21(3)30/h20,24,26-29H,7-19H2,1-6H3/t20-,24+,26+,27+,28-,29+/m1/s1. The zero-order valence-electron chi connectivity index (χ0n) is 24.7. The van der Waals surface area contributed by atoms with Crippen molar-refractivity contribution < 1.29 is 47.6 Å². The van der Waals surface area contributed by atoms with E-state index in [1.165, 1.54) is 27.9 Å². The molecule has 226 valence electrons. The Morgan fingerprint density at radius 3 is 1.72 bits per heavy atom. The van der Waals surface area contributed by atoms with Crippen molar-refractivity contribution in [3.8, 4) is 0 Å². The zero-order chi connectivity index (χ0) is 29.2. The Morgan fingerprint density at radius 2 is 1.18 bits per heavy atom. The van der Waals surface area contributed by atoms with E-state index in [2.05, 4.69) is 11.7 Å². The van der Waals surface area contributed by atoms with Gasteiger partial charge in [-0.1, -0.05) is 64.7 Å². The van der Waals surface area contributed by atoms with Crippen LogP contribution in [0.5, 0.6) is 0 Å². The van der Waals surface area contributed by atoms with Crippen LogP contribution in [-0.2, 0) is 47.6 Å². The molecule has 1 heterocycles. The van der Waals surface area contributed by atoms with Gasteiger partial charge < -0.3 is 28.4 Å². The molecule has 39 heavy (non-hydrogen) atoms. The normalized spacial score (nSPS) is 23.5. The van der Waals surface area contributed by atoms with E-state index in [1.807, 2.05) is 0 Å². The maximum Gasteiger partial charge on any atom is 0.305 e. The fourth-order valence-corrected chi connectivity index (χ4v) is 4.80. The first-order valence-electron chi connectivity index (χ1n) is 14.5. The van der Waals surface area contributed by atoms with Crippen molar-refractivity contribution in [3.63, 3.8) is 0 Å². The Bertz CT molecular complexity index is 740. The lowest BCUT2D eigenvalue weighted by Crippen LogP contribution is -2.61. The van der Waals surface area contributed by atoms with Crippen LogP contribution < -0.4 is 0 Å². The second kappa shape index (κ2) is 19.8. The lowest BCUT2D eigenvalue weighted by atomic mass is 9.98. The minimum absolute atomic E-state index is 0.130. The van der Waals surface area contributed by atoms with Gasteiger partial charge in [-0.05, 0) is 26.2 Å². The van der Waals surface area contributed by atoms with E-state index in [0.717, 1.165) is 77.0 Å². The summed E-state index contributed by atoms with van der Waals surface area (Å²) in [5, 5.41) is 0. The third-order valence-corrected chi connectivity index (χ3v) is 6.72. The molecule has 0 radical (unpaired) electrons. The molecule has 10 nitrogen and oxygen atoms in total. The van der Waals surface area contributed by atoms with E-state index >= 15 is 0 Å². The van der Waals surface area contributed by atoms with Crippen LogP contribution in [-0.4, -0.2) is 67.8 Å². The highest BCUT2D eigenvalue weighted by molar-refractivity contribution is 5.69. The first-order valence-corrected chi connectivity index (χ1v) is 14.5. The van der Waals surface area contributed by atoms with Crippen molar-refractivity contribution in [2.24, 2.45) is 0 Å². The van der Waals surface area contributed by atoms with Crippen LogP contribution in [0.3, 0.4) is 0 Å². The summed E-state index contributed by atoms with van der Waals surface area (Å²) < 4.78 is 33.6. The van der Waals surface area contributed by atoms with Crippen molar-refractivity contribution >= 4 is 23.9 Å². The summed E-state index contributed by atoms with van der Waals surface area (Å²) in [7, 11) is 1.41. The molecular formula is C29H50O10. The summed E-state index contributed by atoms with van der Waals surface area (Å²) in [4.78, 5) is 46.8. The maximum absolute atomic E-state index is 12.0. The number of hydrogen-bond donors (Lipinski definition) is 0. The SMILES string of the molecule is CCCCC[C@@H](CCCCCCCCCC(=O)OC)O[C@@H]1O[C@H](C)[C@H](OC(C)=O)[C@H](OC(C)=O)[C@H]1OC(C)=O. The second-order valence-corrected chi connectivity index (χ2v) is 10.3. The van der Waals surface area contributed by atoms with Crippen molar-refractivity contribution in [2.45, 2.75) is 155 Å². The summed E-state index contributed by atoms with van der Waals surface area (Å²) in [6.45, 7) is 7.62. The molecule has 1 rings (SSSR count). The van der Waals surface area contributed by atoms with E-state index in [9.17, 15) is 19.2 Å². The van der Waals surface area contributed by atoms with Gasteiger partial charge in [-0.2, -0.15) is 0 Å². The number of hydrogen-bond acceptors (Lipinski definition) is 10. The van der Waals surface area contributed by atoms with Crippen LogP contribution in [0.2, 0.25) is 0 Å². The Balaban J connectivity index is 2.79. The third-order valence-electron chi connectivity index (χ3n) is 6.72. The Morgan fingerprint density at radius 1 is 0.692 bits per heavy atom. The van der Waals surface area contributed by atoms with Crippen LogP contribution >= 0.6 is 0 Å². The van der Waals surface area contributed by atoms with E-state index in [0.29, 0.717) is 6.42 Å². The molecule has 0 aliphatic carbocycles. The van der Waals surface area contributed by atoms with Crippen LogP contribution in [0.4, 0.5) is 0 Å². The first-order chi connectivity index (χ1) is 18.6. The molecule has 0 aromatic heterocycles. The average Bonchev–Trinajstić information content (AvgIpc) is 2.86. The topological polar surface area (TPSA) is 124 Å². The number of carbonyl (C=O) groups excluding carboxylic acids is 4. The van der Waals surface area contributed by atoms with Gasteiger partial charge in [-0.15, -0.1) is 0 Å². The van der Waals surface area contributed by atoms with Gasteiger partial charge in [-0.3, -0.25) is 19.2 Å². The number of methoxy groups -OCH3 is 1. The largest absolute Gasteiger partial charge is 0.469 e. The minimum Gasteiger partial charge on any atom is -0.469 e. The molecule has 0 aromatic carbocycles. The highest BCUT2D eigenvalue weighted by Crippen LogP contribution is 2.31. The molecule has 1 aliphatic heterocycles. The molecule has 1 fully saturated rings. The van der Waals surface area contributed by atoms with Crippen LogP contribution in [0.1, 0.15) is 118 Å². The third kappa shape index (κ3) is 14.7. The van der Waals surface area contributed by atoms with Crippen LogP contribution in [0, 0.1) is 0 Å². The van der Waals surface area contributed by atoms with Crippen LogP contribution in [0.15, 0.2) is 0 Å². The summed E-state index contributed by atoms with van der Waals surface area (Å²) in [6, 6.07) is 0.